The summed E-state index contributed by atoms with van der Waals surface area (Å²) in [5.41, 5.74) is 3.33. The second kappa shape index (κ2) is 6.55. The predicted octanol–water partition coefficient (Wildman–Crippen LogP) is 3.87. The lowest BCUT2D eigenvalue weighted by atomic mass is 9.92. The number of anilines is 1. The van der Waals surface area contributed by atoms with Gasteiger partial charge in [0.2, 0.25) is 0 Å². The van der Waals surface area contributed by atoms with Gasteiger partial charge in [0.1, 0.15) is 17.3 Å². The third-order valence-electron chi connectivity index (χ3n) is 5.05. The molecular weight excluding hydrogens is 336 g/mol. The third kappa shape index (κ3) is 2.98. The average Bonchev–Trinajstić information content (AvgIpc) is 3.21. The van der Waals surface area contributed by atoms with Gasteiger partial charge in [-0.15, -0.1) is 0 Å². The Morgan fingerprint density at radius 2 is 1.88 bits per heavy atom. The first kappa shape index (κ1) is 16.8. The molecule has 0 atom stereocenters. The Kier molecular flexibility index (Phi) is 4.22. The number of imidazole rings is 1. The van der Waals surface area contributed by atoms with Crippen molar-refractivity contribution in [2.75, 3.05) is 18.0 Å². The molecule has 1 saturated heterocycles. The number of aromatic nitrogens is 4. The molecule has 1 N–H and O–H groups in total. The van der Waals surface area contributed by atoms with E-state index in [1.54, 1.807) is 11.0 Å². The second-order valence-electron chi connectivity index (χ2n) is 6.81. The van der Waals surface area contributed by atoms with E-state index in [0.717, 1.165) is 49.2 Å². The monoisotopic (exact) mass is 357 g/mol. The van der Waals surface area contributed by atoms with Crippen LogP contribution in [0.25, 0.3) is 5.69 Å². The first-order valence-corrected chi connectivity index (χ1v) is 8.80. The van der Waals surface area contributed by atoms with Gasteiger partial charge in [0.05, 0.1) is 17.7 Å². The van der Waals surface area contributed by atoms with E-state index in [1.807, 2.05) is 19.9 Å². The van der Waals surface area contributed by atoms with Crippen LogP contribution in [-0.2, 0) is 0 Å². The minimum Gasteiger partial charge on any atom is -0.356 e. The molecule has 0 amide bonds. The lowest BCUT2D eigenvalue weighted by Crippen LogP contribution is -2.34. The fourth-order valence-electron chi connectivity index (χ4n) is 3.72. The number of rotatable bonds is 3. The Bertz CT molecular complexity index is 922. The average molecular weight is 357 g/mol. The molecule has 0 aliphatic carbocycles. The Morgan fingerprint density at radius 3 is 2.54 bits per heavy atom. The van der Waals surface area contributed by atoms with Gasteiger partial charge in [0, 0.05) is 36.8 Å². The number of H-pyrrole nitrogens is 1. The van der Waals surface area contributed by atoms with Crippen LogP contribution in [0.4, 0.5) is 14.6 Å². The summed E-state index contributed by atoms with van der Waals surface area (Å²) in [6.07, 6.45) is 3.71. The van der Waals surface area contributed by atoms with Crippen LogP contribution in [0.5, 0.6) is 0 Å². The molecule has 1 aliphatic heterocycles. The maximum Gasteiger partial charge on any atom is 0.151 e. The van der Waals surface area contributed by atoms with Crippen molar-refractivity contribution in [2.24, 2.45) is 0 Å². The van der Waals surface area contributed by atoms with Crippen LogP contribution in [0, 0.1) is 25.5 Å². The summed E-state index contributed by atoms with van der Waals surface area (Å²) in [6, 6.07) is 5.53. The molecule has 3 heterocycles. The number of aryl methyl sites for hydroxylation is 2. The maximum atomic E-state index is 14.3. The van der Waals surface area contributed by atoms with Crippen molar-refractivity contribution in [3.8, 4) is 5.69 Å². The summed E-state index contributed by atoms with van der Waals surface area (Å²) in [6.45, 7) is 5.59. The highest BCUT2D eigenvalue weighted by Gasteiger charge is 2.26. The first-order chi connectivity index (χ1) is 12.5. The fourth-order valence-corrected chi connectivity index (χ4v) is 3.72. The van der Waals surface area contributed by atoms with E-state index in [9.17, 15) is 8.78 Å². The van der Waals surface area contributed by atoms with Crippen molar-refractivity contribution in [1.82, 2.24) is 19.7 Å². The van der Waals surface area contributed by atoms with Crippen molar-refractivity contribution in [2.45, 2.75) is 32.6 Å². The molecule has 2 aromatic heterocycles. The number of hydrogen-bond acceptors (Lipinski definition) is 3. The van der Waals surface area contributed by atoms with Crippen molar-refractivity contribution in [3.05, 3.63) is 59.3 Å². The molecule has 1 aromatic carbocycles. The molecular formula is C19H21F2N5. The normalized spacial score (nSPS) is 15.6. The molecule has 0 unspecified atom stereocenters. The van der Waals surface area contributed by atoms with Gasteiger partial charge in [-0.2, -0.15) is 5.10 Å². The minimum absolute atomic E-state index is 0.265. The third-order valence-corrected chi connectivity index (χ3v) is 5.05. The minimum atomic E-state index is -0.614. The van der Waals surface area contributed by atoms with E-state index in [-0.39, 0.29) is 5.69 Å². The van der Waals surface area contributed by atoms with Crippen LogP contribution in [0.1, 0.15) is 35.8 Å². The highest BCUT2D eigenvalue weighted by Crippen LogP contribution is 2.32. The smallest absolute Gasteiger partial charge is 0.151 e. The Labute approximate surface area is 150 Å². The summed E-state index contributed by atoms with van der Waals surface area (Å²) in [7, 11) is 0. The highest BCUT2D eigenvalue weighted by molar-refractivity contribution is 5.49. The Balaban J connectivity index is 1.59. The molecule has 0 spiro atoms. The van der Waals surface area contributed by atoms with Crippen LogP contribution < -0.4 is 4.90 Å². The summed E-state index contributed by atoms with van der Waals surface area (Å²) in [5, 5.41) is 4.43. The van der Waals surface area contributed by atoms with Gasteiger partial charge in [-0.1, -0.05) is 0 Å². The lowest BCUT2D eigenvalue weighted by molar-refractivity contribution is 0.489. The fraction of sp³-hybridized carbons (Fsp3) is 0.368. The number of aromatic amines is 1. The predicted molar refractivity (Wildman–Crippen MR) is 95.7 cm³/mol. The number of hydrogen-bond donors (Lipinski definition) is 1. The summed E-state index contributed by atoms with van der Waals surface area (Å²) >= 11 is 0. The summed E-state index contributed by atoms with van der Waals surface area (Å²) < 4.78 is 29.1. The second-order valence-corrected chi connectivity index (χ2v) is 6.81. The molecule has 1 fully saturated rings. The highest BCUT2D eigenvalue weighted by atomic mass is 19.1. The van der Waals surface area contributed by atoms with Crippen molar-refractivity contribution < 1.29 is 8.78 Å². The molecule has 136 valence electrons. The molecule has 0 bridgehead atoms. The van der Waals surface area contributed by atoms with Crippen LogP contribution >= 0.6 is 0 Å². The van der Waals surface area contributed by atoms with Crippen LogP contribution in [0.3, 0.4) is 0 Å². The first-order valence-electron chi connectivity index (χ1n) is 8.80. The Hall–Kier alpha value is -2.70. The van der Waals surface area contributed by atoms with Gasteiger partial charge in [-0.3, -0.25) is 0 Å². The molecule has 0 radical (unpaired) electrons. The van der Waals surface area contributed by atoms with Gasteiger partial charge in [-0.25, -0.2) is 18.4 Å². The van der Waals surface area contributed by atoms with Gasteiger partial charge in [0.25, 0.3) is 0 Å². The number of halogens is 2. The van der Waals surface area contributed by atoms with E-state index < -0.39 is 11.6 Å². The number of nitrogens with one attached hydrogen (secondary N) is 1. The SMILES string of the molecule is Cc1cc(N2CCC(c3[nH]cnc3C)CC2)n(-c2ccc(F)cc2F)n1. The van der Waals surface area contributed by atoms with Gasteiger partial charge < -0.3 is 9.88 Å². The zero-order chi connectivity index (χ0) is 18.3. The zero-order valence-electron chi connectivity index (χ0n) is 14.8. The van der Waals surface area contributed by atoms with E-state index in [4.69, 9.17) is 0 Å². The van der Waals surface area contributed by atoms with Crippen molar-refractivity contribution in [3.63, 3.8) is 0 Å². The number of benzene rings is 1. The topological polar surface area (TPSA) is 49.7 Å². The lowest BCUT2D eigenvalue weighted by Gasteiger charge is -2.33. The molecule has 5 nitrogen and oxygen atoms in total. The van der Waals surface area contributed by atoms with Crippen LogP contribution in [0.15, 0.2) is 30.6 Å². The standard InChI is InChI=1S/C19H21F2N5/c1-12-9-18(26(24-12)17-4-3-15(20)10-16(17)21)25-7-5-14(6-8-25)19-13(2)22-11-23-19/h3-4,9-11,14H,5-8H2,1-2H3,(H,22,23). The number of piperidine rings is 1. The molecule has 4 rings (SSSR count). The Morgan fingerprint density at radius 1 is 1.12 bits per heavy atom. The summed E-state index contributed by atoms with van der Waals surface area (Å²) in [5.74, 6) is 0.0892. The molecule has 7 heteroatoms. The van der Waals surface area contributed by atoms with Crippen LogP contribution in [-0.4, -0.2) is 32.8 Å². The van der Waals surface area contributed by atoms with E-state index in [1.165, 1.54) is 17.8 Å². The van der Waals surface area contributed by atoms with Gasteiger partial charge in [0.15, 0.2) is 5.82 Å². The van der Waals surface area contributed by atoms with E-state index in [0.29, 0.717) is 5.92 Å². The molecule has 3 aromatic rings. The van der Waals surface area contributed by atoms with Gasteiger partial charge in [-0.05, 0) is 38.8 Å². The van der Waals surface area contributed by atoms with Crippen molar-refractivity contribution in [1.29, 1.82) is 0 Å². The molecule has 26 heavy (non-hydrogen) atoms. The molecule has 1 aliphatic rings. The van der Waals surface area contributed by atoms with Crippen molar-refractivity contribution >= 4 is 5.82 Å². The van der Waals surface area contributed by atoms with Gasteiger partial charge >= 0.3 is 0 Å². The maximum absolute atomic E-state index is 14.3. The number of nitrogens with zero attached hydrogens (tertiary/aromatic N) is 4. The van der Waals surface area contributed by atoms with Crippen LogP contribution in [0.2, 0.25) is 0 Å². The largest absolute Gasteiger partial charge is 0.356 e. The summed E-state index contributed by atoms with van der Waals surface area (Å²) in [4.78, 5) is 9.75. The van der Waals surface area contributed by atoms with E-state index in [2.05, 4.69) is 20.0 Å². The quantitative estimate of drug-likeness (QED) is 0.774. The zero-order valence-corrected chi connectivity index (χ0v) is 14.8. The molecule has 0 saturated carbocycles. The van der Waals surface area contributed by atoms with E-state index >= 15 is 0 Å².